The van der Waals surface area contributed by atoms with E-state index in [-0.39, 0.29) is 5.91 Å². The molecule has 0 saturated carbocycles. The highest BCUT2D eigenvalue weighted by atomic mass is 16.5. The highest BCUT2D eigenvalue weighted by Crippen LogP contribution is 2.12. The molecule has 1 aliphatic heterocycles. The van der Waals surface area contributed by atoms with Crippen LogP contribution in [-0.2, 0) is 9.53 Å². The van der Waals surface area contributed by atoms with Crippen LogP contribution in [0.5, 0.6) is 0 Å². The molecule has 1 aliphatic rings. The number of rotatable bonds is 10. The van der Waals surface area contributed by atoms with Gasteiger partial charge in [0.25, 0.3) is 0 Å². The number of hydrogen-bond acceptors (Lipinski definition) is 2. The average Bonchev–Trinajstić information content (AvgIpc) is 2.46. The fraction of sp³-hybridized carbons (Fsp3) is 0.938. The summed E-state index contributed by atoms with van der Waals surface area (Å²) in [5.74, 6) is 0.280. The van der Waals surface area contributed by atoms with E-state index in [9.17, 15) is 4.79 Å². The molecule has 0 aliphatic carbocycles. The molecule has 0 radical (unpaired) electrons. The van der Waals surface area contributed by atoms with Crippen molar-refractivity contribution in [1.82, 2.24) is 4.90 Å². The fourth-order valence-electron chi connectivity index (χ4n) is 2.54. The van der Waals surface area contributed by atoms with Crippen LogP contribution in [0.2, 0.25) is 0 Å². The molecular formula is C16H31NO2. The summed E-state index contributed by atoms with van der Waals surface area (Å²) in [5, 5.41) is 0. The lowest BCUT2D eigenvalue weighted by Gasteiger charge is -2.26. The monoisotopic (exact) mass is 269 g/mol. The number of carbonyl (C=O) groups is 1. The van der Waals surface area contributed by atoms with Crippen LogP contribution in [0.3, 0.4) is 0 Å². The Bertz CT molecular complexity index is 225. The van der Waals surface area contributed by atoms with Gasteiger partial charge < -0.3 is 9.64 Å². The molecule has 0 bridgehead atoms. The lowest BCUT2D eigenvalue weighted by Crippen LogP contribution is -2.38. The number of nitrogens with zero attached hydrogens (tertiary/aromatic N) is 1. The van der Waals surface area contributed by atoms with Gasteiger partial charge in [-0.05, 0) is 12.8 Å². The molecule has 3 heteroatoms. The summed E-state index contributed by atoms with van der Waals surface area (Å²) in [5.41, 5.74) is 0. The maximum absolute atomic E-state index is 11.9. The van der Waals surface area contributed by atoms with Crippen molar-refractivity contribution in [3.63, 3.8) is 0 Å². The summed E-state index contributed by atoms with van der Waals surface area (Å²) in [4.78, 5) is 13.7. The van der Waals surface area contributed by atoms with E-state index in [1.807, 2.05) is 4.90 Å². The molecule has 0 aromatic heterocycles. The highest BCUT2D eigenvalue weighted by molar-refractivity contribution is 5.76. The van der Waals surface area contributed by atoms with Gasteiger partial charge in [0, 0.05) is 13.0 Å². The van der Waals surface area contributed by atoms with Crippen molar-refractivity contribution >= 4 is 5.91 Å². The number of ether oxygens (including phenoxy) is 1. The molecule has 112 valence electrons. The first-order valence-electron chi connectivity index (χ1n) is 8.20. The molecule has 0 aromatic rings. The second-order valence-corrected chi connectivity index (χ2v) is 5.63. The van der Waals surface area contributed by atoms with Crippen LogP contribution in [0.1, 0.15) is 77.6 Å². The minimum Gasteiger partial charge on any atom is -0.361 e. The fourth-order valence-corrected chi connectivity index (χ4v) is 2.54. The van der Waals surface area contributed by atoms with Crippen LogP contribution in [0.25, 0.3) is 0 Å². The molecule has 0 N–H and O–H groups in total. The third-order valence-electron chi connectivity index (χ3n) is 3.81. The van der Waals surface area contributed by atoms with E-state index in [2.05, 4.69) is 6.92 Å². The molecule has 19 heavy (non-hydrogen) atoms. The molecule has 0 aromatic carbocycles. The molecule has 1 rings (SSSR count). The normalized spacial score (nSPS) is 15.7. The smallest absolute Gasteiger partial charge is 0.224 e. The maximum atomic E-state index is 11.9. The van der Waals surface area contributed by atoms with E-state index < -0.39 is 0 Å². The third kappa shape index (κ3) is 8.25. The van der Waals surface area contributed by atoms with Crippen LogP contribution < -0.4 is 0 Å². The van der Waals surface area contributed by atoms with Crippen LogP contribution in [0, 0.1) is 0 Å². The topological polar surface area (TPSA) is 29.5 Å². The lowest BCUT2D eigenvalue weighted by molar-refractivity contribution is -0.140. The Balaban J connectivity index is 1.86. The van der Waals surface area contributed by atoms with Gasteiger partial charge in [0.05, 0.1) is 6.61 Å². The largest absolute Gasteiger partial charge is 0.361 e. The Morgan fingerprint density at radius 3 is 2.21 bits per heavy atom. The zero-order valence-electron chi connectivity index (χ0n) is 12.7. The van der Waals surface area contributed by atoms with Crippen molar-refractivity contribution in [3.05, 3.63) is 0 Å². The Labute approximate surface area is 118 Å². The second-order valence-electron chi connectivity index (χ2n) is 5.63. The van der Waals surface area contributed by atoms with Gasteiger partial charge >= 0.3 is 0 Å². The van der Waals surface area contributed by atoms with Gasteiger partial charge in [-0.2, -0.15) is 0 Å². The Morgan fingerprint density at radius 1 is 1.00 bits per heavy atom. The first kappa shape index (κ1) is 16.5. The van der Waals surface area contributed by atoms with Crippen molar-refractivity contribution in [3.8, 4) is 0 Å². The molecule has 0 unspecified atom stereocenters. The molecule has 0 atom stereocenters. The second kappa shape index (κ2) is 11.3. The van der Waals surface area contributed by atoms with Crippen LogP contribution in [-0.4, -0.2) is 30.7 Å². The minimum absolute atomic E-state index is 0.280. The molecule has 1 saturated heterocycles. The highest BCUT2D eigenvalue weighted by Gasteiger charge is 2.15. The van der Waals surface area contributed by atoms with Gasteiger partial charge in [-0.3, -0.25) is 4.79 Å². The Hall–Kier alpha value is -0.570. The molecule has 1 amide bonds. The third-order valence-corrected chi connectivity index (χ3v) is 3.81. The van der Waals surface area contributed by atoms with E-state index >= 15 is 0 Å². The van der Waals surface area contributed by atoms with Crippen LogP contribution >= 0.6 is 0 Å². The van der Waals surface area contributed by atoms with Gasteiger partial charge in [0.2, 0.25) is 5.91 Å². The first-order chi connectivity index (χ1) is 9.34. The van der Waals surface area contributed by atoms with Gasteiger partial charge in [-0.15, -0.1) is 0 Å². The molecule has 0 spiro atoms. The predicted octanol–water partition coefficient (Wildman–Crippen LogP) is 4.11. The predicted molar refractivity (Wildman–Crippen MR) is 79.0 cm³/mol. The Morgan fingerprint density at radius 2 is 1.63 bits per heavy atom. The molecule has 3 nitrogen and oxygen atoms in total. The summed E-state index contributed by atoms with van der Waals surface area (Å²) in [6, 6.07) is 0. The van der Waals surface area contributed by atoms with E-state index in [1.165, 1.54) is 51.4 Å². The standard InChI is InChI=1S/C16H31NO2/c1-2-3-4-5-6-7-8-9-10-12-16(18)17-13-11-14-19-15-17/h2-15H2,1H3. The zero-order valence-corrected chi connectivity index (χ0v) is 12.7. The summed E-state index contributed by atoms with van der Waals surface area (Å²) in [6.45, 7) is 4.46. The van der Waals surface area contributed by atoms with Crippen LogP contribution in [0.15, 0.2) is 0 Å². The van der Waals surface area contributed by atoms with Crippen molar-refractivity contribution in [2.24, 2.45) is 0 Å². The van der Waals surface area contributed by atoms with E-state index in [0.717, 1.165) is 26.0 Å². The molecule has 1 fully saturated rings. The van der Waals surface area contributed by atoms with Crippen molar-refractivity contribution < 1.29 is 9.53 Å². The van der Waals surface area contributed by atoms with Crippen molar-refractivity contribution in [2.45, 2.75) is 77.6 Å². The SMILES string of the molecule is CCCCCCCCCCCC(=O)N1CCCOC1. The number of amides is 1. The van der Waals surface area contributed by atoms with Crippen molar-refractivity contribution in [2.75, 3.05) is 19.9 Å². The number of unbranched alkanes of at least 4 members (excludes halogenated alkanes) is 8. The summed E-state index contributed by atoms with van der Waals surface area (Å²) in [7, 11) is 0. The van der Waals surface area contributed by atoms with Crippen molar-refractivity contribution in [1.29, 1.82) is 0 Å². The number of hydrogen-bond donors (Lipinski definition) is 0. The lowest BCUT2D eigenvalue weighted by atomic mass is 10.1. The zero-order chi connectivity index (χ0) is 13.8. The van der Waals surface area contributed by atoms with Gasteiger partial charge in [-0.25, -0.2) is 0 Å². The summed E-state index contributed by atoms with van der Waals surface area (Å²) < 4.78 is 5.30. The average molecular weight is 269 g/mol. The van der Waals surface area contributed by atoms with Crippen LogP contribution in [0.4, 0.5) is 0 Å². The summed E-state index contributed by atoms with van der Waals surface area (Å²) >= 11 is 0. The van der Waals surface area contributed by atoms with E-state index in [0.29, 0.717) is 13.2 Å². The molecule has 1 heterocycles. The summed E-state index contributed by atoms with van der Waals surface area (Å²) in [6.07, 6.45) is 13.4. The minimum atomic E-state index is 0.280. The number of carbonyl (C=O) groups excluding carboxylic acids is 1. The Kier molecular flexibility index (Phi) is 9.78. The maximum Gasteiger partial charge on any atom is 0.224 e. The van der Waals surface area contributed by atoms with Gasteiger partial charge in [0.1, 0.15) is 6.73 Å². The van der Waals surface area contributed by atoms with E-state index in [1.54, 1.807) is 0 Å². The quantitative estimate of drug-likeness (QED) is 0.558. The van der Waals surface area contributed by atoms with E-state index in [4.69, 9.17) is 4.74 Å². The van der Waals surface area contributed by atoms with Gasteiger partial charge in [-0.1, -0.05) is 58.3 Å². The molecular weight excluding hydrogens is 238 g/mol. The van der Waals surface area contributed by atoms with Gasteiger partial charge in [0.15, 0.2) is 0 Å². The first-order valence-corrected chi connectivity index (χ1v) is 8.20.